The van der Waals surface area contributed by atoms with Gasteiger partial charge in [0.1, 0.15) is 5.75 Å². The number of rotatable bonds is 5. The van der Waals surface area contributed by atoms with Crippen molar-refractivity contribution in [2.45, 2.75) is 12.8 Å². The van der Waals surface area contributed by atoms with Crippen molar-refractivity contribution in [2.24, 2.45) is 5.73 Å². The standard InChI is InChI=1S/C16H17NO4/c17-6-5-11-8-15(20)16(21)9-13(11)14(19)7-10-1-3-12(18)4-2-10/h1-4,8-9,18,20-21H,5-7,17H2. The van der Waals surface area contributed by atoms with Gasteiger partial charge in [-0.1, -0.05) is 12.1 Å². The van der Waals surface area contributed by atoms with Gasteiger partial charge in [-0.2, -0.15) is 0 Å². The lowest BCUT2D eigenvalue weighted by Gasteiger charge is -2.10. The van der Waals surface area contributed by atoms with E-state index in [0.717, 1.165) is 5.56 Å². The monoisotopic (exact) mass is 287 g/mol. The predicted octanol–water partition coefficient (Wildman–Crippen LogP) is 1.73. The zero-order chi connectivity index (χ0) is 15.4. The van der Waals surface area contributed by atoms with Crippen LogP contribution in [0.15, 0.2) is 36.4 Å². The fourth-order valence-corrected chi connectivity index (χ4v) is 2.14. The van der Waals surface area contributed by atoms with Crippen molar-refractivity contribution in [3.8, 4) is 17.2 Å². The highest BCUT2D eigenvalue weighted by molar-refractivity contribution is 5.99. The minimum Gasteiger partial charge on any atom is -0.508 e. The van der Waals surface area contributed by atoms with Gasteiger partial charge in [0.25, 0.3) is 0 Å². The molecule has 0 saturated carbocycles. The van der Waals surface area contributed by atoms with Gasteiger partial charge in [-0.25, -0.2) is 0 Å². The smallest absolute Gasteiger partial charge is 0.167 e. The van der Waals surface area contributed by atoms with Gasteiger partial charge in [0.2, 0.25) is 0 Å². The summed E-state index contributed by atoms with van der Waals surface area (Å²) in [5.74, 6) is -0.638. The van der Waals surface area contributed by atoms with Crippen LogP contribution in [0.25, 0.3) is 0 Å². The molecule has 0 unspecified atom stereocenters. The van der Waals surface area contributed by atoms with Crippen LogP contribution in [0.1, 0.15) is 21.5 Å². The molecule has 0 aromatic heterocycles. The fraction of sp³-hybridized carbons (Fsp3) is 0.188. The van der Waals surface area contributed by atoms with Gasteiger partial charge >= 0.3 is 0 Å². The molecule has 0 amide bonds. The highest BCUT2D eigenvalue weighted by Gasteiger charge is 2.15. The molecule has 0 radical (unpaired) electrons. The Labute approximate surface area is 122 Å². The Hall–Kier alpha value is -2.53. The summed E-state index contributed by atoms with van der Waals surface area (Å²) in [7, 11) is 0. The lowest BCUT2D eigenvalue weighted by Crippen LogP contribution is -2.11. The molecule has 0 spiro atoms. The molecule has 5 nitrogen and oxygen atoms in total. The average Bonchev–Trinajstić information content (AvgIpc) is 2.45. The Morgan fingerprint density at radius 1 is 1.00 bits per heavy atom. The number of benzene rings is 2. The van der Waals surface area contributed by atoms with Crippen molar-refractivity contribution in [1.29, 1.82) is 0 Å². The summed E-state index contributed by atoms with van der Waals surface area (Å²) in [6, 6.07) is 8.98. The summed E-state index contributed by atoms with van der Waals surface area (Å²) >= 11 is 0. The normalized spacial score (nSPS) is 10.5. The van der Waals surface area contributed by atoms with Crippen molar-refractivity contribution >= 4 is 5.78 Å². The molecular formula is C16H17NO4. The Kier molecular flexibility index (Phi) is 4.45. The van der Waals surface area contributed by atoms with Crippen LogP contribution >= 0.6 is 0 Å². The van der Waals surface area contributed by atoms with Crippen LogP contribution < -0.4 is 5.73 Å². The van der Waals surface area contributed by atoms with Gasteiger partial charge in [-0.15, -0.1) is 0 Å². The molecule has 5 heteroatoms. The van der Waals surface area contributed by atoms with Crippen LogP contribution in [0, 0.1) is 0 Å². The Bertz CT molecular complexity index is 650. The maximum absolute atomic E-state index is 12.4. The maximum atomic E-state index is 12.4. The summed E-state index contributed by atoms with van der Waals surface area (Å²) in [6.07, 6.45) is 0.576. The van der Waals surface area contributed by atoms with E-state index in [9.17, 15) is 20.1 Å². The first-order valence-corrected chi connectivity index (χ1v) is 6.57. The first kappa shape index (κ1) is 14.9. The van der Waals surface area contributed by atoms with Crippen LogP contribution in [-0.2, 0) is 12.8 Å². The van der Waals surface area contributed by atoms with Crippen molar-refractivity contribution in [3.05, 3.63) is 53.1 Å². The van der Waals surface area contributed by atoms with Crippen LogP contribution in [0.5, 0.6) is 17.2 Å². The Balaban J connectivity index is 2.29. The van der Waals surface area contributed by atoms with E-state index in [2.05, 4.69) is 0 Å². The molecule has 21 heavy (non-hydrogen) atoms. The van der Waals surface area contributed by atoms with Gasteiger partial charge in [-0.05, 0) is 48.4 Å². The van der Waals surface area contributed by atoms with Crippen LogP contribution in [0.2, 0.25) is 0 Å². The largest absolute Gasteiger partial charge is 0.508 e. The second-order valence-electron chi connectivity index (χ2n) is 4.80. The lowest BCUT2D eigenvalue weighted by molar-refractivity contribution is 0.0991. The number of hydrogen-bond donors (Lipinski definition) is 4. The third-order valence-electron chi connectivity index (χ3n) is 3.22. The molecule has 0 aliphatic carbocycles. The number of phenols is 3. The van der Waals surface area contributed by atoms with E-state index in [0.29, 0.717) is 24.1 Å². The minimum absolute atomic E-state index is 0.136. The SMILES string of the molecule is NCCc1cc(O)c(O)cc1C(=O)Cc1ccc(O)cc1. The Morgan fingerprint density at radius 3 is 2.24 bits per heavy atom. The summed E-state index contributed by atoms with van der Waals surface area (Å²) in [5.41, 5.74) is 7.22. The first-order chi connectivity index (χ1) is 10.0. The highest BCUT2D eigenvalue weighted by Crippen LogP contribution is 2.29. The van der Waals surface area contributed by atoms with Gasteiger partial charge in [0, 0.05) is 12.0 Å². The molecule has 2 rings (SSSR count). The van der Waals surface area contributed by atoms with E-state index in [4.69, 9.17) is 5.73 Å². The molecule has 0 heterocycles. The molecule has 0 bridgehead atoms. The van der Waals surface area contributed by atoms with Gasteiger partial charge in [0.15, 0.2) is 17.3 Å². The number of phenolic OH excluding ortho intramolecular Hbond substituents is 3. The predicted molar refractivity (Wildman–Crippen MR) is 78.7 cm³/mol. The first-order valence-electron chi connectivity index (χ1n) is 6.57. The zero-order valence-electron chi connectivity index (χ0n) is 11.4. The zero-order valence-corrected chi connectivity index (χ0v) is 11.4. The molecule has 5 N–H and O–H groups in total. The molecule has 2 aromatic carbocycles. The second-order valence-corrected chi connectivity index (χ2v) is 4.80. The van der Waals surface area contributed by atoms with E-state index < -0.39 is 0 Å². The fourth-order valence-electron chi connectivity index (χ4n) is 2.14. The molecule has 0 atom stereocenters. The van der Waals surface area contributed by atoms with Crippen molar-refractivity contribution < 1.29 is 20.1 Å². The topological polar surface area (TPSA) is 104 Å². The molecule has 0 fully saturated rings. The van der Waals surface area contributed by atoms with Gasteiger partial charge < -0.3 is 21.1 Å². The molecule has 0 aliphatic rings. The number of carbonyl (C=O) groups is 1. The van der Waals surface area contributed by atoms with E-state index in [1.54, 1.807) is 12.1 Å². The Morgan fingerprint density at radius 2 is 1.62 bits per heavy atom. The van der Waals surface area contributed by atoms with E-state index >= 15 is 0 Å². The molecule has 0 aliphatic heterocycles. The summed E-state index contributed by atoms with van der Waals surface area (Å²) in [6.45, 7) is 0.337. The maximum Gasteiger partial charge on any atom is 0.167 e. The molecule has 0 saturated heterocycles. The van der Waals surface area contributed by atoms with Crippen molar-refractivity contribution in [2.75, 3.05) is 6.54 Å². The summed E-state index contributed by atoms with van der Waals surface area (Å²) < 4.78 is 0. The van der Waals surface area contributed by atoms with Crippen LogP contribution in [0.3, 0.4) is 0 Å². The lowest BCUT2D eigenvalue weighted by atomic mass is 9.96. The third-order valence-corrected chi connectivity index (χ3v) is 3.22. The number of carbonyl (C=O) groups excluding carboxylic acids is 1. The van der Waals surface area contributed by atoms with Crippen molar-refractivity contribution in [3.63, 3.8) is 0 Å². The second kappa shape index (κ2) is 6.28. The van der Waals surface area contributed by atoms with Crippen molar-refractivity contribution in [1.82, 2.24) is 0 Å². The van der Waals surface area contributed by atoms with E-state index in [1.807, 2.05) is 0 Å². The van der Waals surface area contributed by atoms with E-state index in [-0.39, 0.29) is 29.5 Å². The van der Waals surface area contributed by atoms with Crippen LogP contribution in [-0.4, -0.2) is 27.6 Å². The quantitative estimate of drug-likeness (QED) is 0.495. The molecule has 110 valence electrons. The molecular weight excluding hydrogens is 270 g/mol. The number of aromatic hydroxyl groups is 3. The number of nitrogens with two attached hydrogens (primary N) is 1. The van der Waals surface area contributed by atoms with Gasteiger partial charge in [-0.3, -0.25) is 4.79 Å². The summed E-state index contributed by atoms with van der Waals surface area (Å²) in [5, 5.41) is 28.3. The van der Waals surface area contributed by atoms with E-state index in [1.165, 1.54) is 24.3 Å². The third kappa shape index (κ3) is 3.52. The summed E-state index contributed by atoms with van der Waals surface area (Å²) in [4.78, 5) is 12.4. The highest BCUT2D eigenvalue weighted by atomic mass is 16.3. The average molecular weight is 287 g/mol. The van der Waals surface area contributed by atoms with Crippen LogP contribution in [0.4, 0.5) is 0 Å². The number of Topliss-reactive ketones (excluding diaryl/α,β-unsaturated/α-hetero) is 1. The number of ketones is 1. The molecule has 2 aromatic rings. The minimum atomic E-state index is -0.329. The van der Waals surface area contributed by atoms with Gasteiger partial charge in [0.05, 0.1) is 0 Å². The number of hydrogen-bond acceptors (Lipinski definition) is 5.